The minimum absolute atomic E-state index is 0.0691. The SMILES string of the molecule is CC(C)COC(=O)N1CCNc2ccc(S(=O)(=O)NC3CCC(C(=O)NC(C)c4ccc(F)cc4)CC3)cc21. The Balaban J connectivity index is 1.35. The number of sulfonamides is 1. The highest BCUT2D eigenvalue weighted by Gasteiger charge is 2.31. The fourth-order valence-corrected chi connectivity index (χ4v) is 6.23. The van der Waals surface area contributed by atoms with Crippen LogP contribution in [0.25, 0.3) is 0 Å². The predicted octanol–water partition coefficient (Wildman–Crippen LogP) is 4.56. The Labute approximate surface area is 229 Å². The first-order chi connectivity index (χ1) is 18.5. The molecule has 11 heteroatoms. The molecule has 2 aromatic carbocycles. The Hall–Kier alpha value is -3.18. The lowest BCUT2D eigenvalue weighted by Crippen LogP contribution is -2.41. The van der Waals surface area contributed by atoms with Gasteiger partial charge in [0.2, 0.25) is 15.9 Å². The summed E-state index contributed by atoms with van der Waals surface area (Å²) in [6, 6.07) is 10.2. The summed E-state index contributed by atoms with van der Waals surface area (Å²) in [4.78, 5) is 27.0. The van der Waals surface area contributed by atoms with Gasteiger partial charge in [0.25, 0.3) is 0 Å². The number of benzene rings is 2. The van der Waals surface area contributed by atoms with Crippen LogP contribution in [0.15, 0.2) is 47.4 Å². The molecule has 3 N–H and O–H groups in total. The van der Waals surface area contributed by atoms with Gasteiger partial charge in [-0.1, -0.05) is 26.0 Å². The molecule has 9 nitrogen and oxygen atoms in total. The molecule has 1 aliphatic heterocycles. The number of carbonyl (C=O) groups is 2. The van der Waals surface area contributed by atoms with E-state index in [1.54, 1.807) is 18.2 Å². The third-order valence-corrected chi connectivity index (χ3v) is 8.65. The first-order valence-corrected chi connectivity index (χ1v) is 14.9. The van der Waals surface area contributed by atoms with Crippen molar-refractivity contribution < 1.29 is 27.1 Å². The van der Waals surface area contributed by atoms with E-state index < -0.39 is 16.1 Å². The number of amides is 2. The van der Waals surface area contributed by atoms with E-state index >= 15 is 0 Å². The van der Waals surface area contributed by atoms with E-state index in [0.29, 0.717) is 50.1 Å². The van der Waals surface area contributed by atoms with Crippen LogP contribution in [0.1, 0.15) is 58.1 Å². The van der Waals surface area contributed by atoms with Gasteiger partial charge in [0.1, 0.15) is 5.82 Å². The molecular weight excluding hydrogens is 523 g/mol. The van der Waals surface area contributed by atoms with Crippen molar-refractivity contribution in [2.24, 2.45) is 11.8 Å². The minimum Gasteiger partial charge on any atom is -0.449 e. The lowest BCUT2D eigenvalue weighted by Gasteiger charge is -2.31. The summed E-state index contributed by atoms with van der Waals surface area (Å²) in [5, 5.41) is 6.18. The zero-order valence-corrected chi connectivity index (χ0v) is 23.4. The number of anilines is 2. The monoisotopic (exact) mass is 560 g/mol. The molecule has 39 heavy (non-hydrogen) atoms. The molecule has 1 atom stereocenters. The van der Waals surface area contributed by atoms with Gasteiger partial charge in [-0.25, -0.2) is 22.3 Å². The van der Waals surface area contributed by atoms with Gasteiger partial charge in [-0.2, -0.15) is 0 Å². The van der Waals surface area contributed by atoms with Crippen LogP contribution in [0.4, 0.5) is 20.6 Å². The summed E-state index contributed by atoms with van der Waals surface area (Å²) in [5.41, 5.74) is 1.95. The molecule has 0 saturated heterocycles. The van der Waals surface area contributed by atoms with Crippen LogP contribution in [0, 0.1) is 17.7 Å². The number of rotatable bonds is 8. The smallest absolute Gasteiger partial charge is 0.414 e. The van der Waals surface area contributed by atoms with Crippen molar-refractivity contribution in [3.8, 4) is 0 Å². The Bertz CT molecular complexity index is 1280. The van der Waals surface area contributed by atoms with E-state index in [1.807, 2.05) is 20.8 Å². The average molecular weight is 561 g/mol. The summed E-state index contributed by atoms with van der Waals surface area (Å²) in [7, 11) is -3.85. The van der Waals surface area contributed by atoms with Crippen molar-refractivity contribution in [2.45, 2.75) is 63.4 Å². The quantitative estimate of drug-likeness (QED) is 0.436. The molecular formula is C28H37FN4O5S. The summed E-state index contributed by atoms with van der Waals surface area (Å²) in [6.45, 7) is 6.93. The average Bonchev–Trinajstić information content (AvgIpc) is 2.91. The molecule has 0 bridgehead atoms. The number of hydrogen-bond acceptors (Lipinski definition) is 6. The minimum atomic E-state index is -3.85. The number of carbonyl (C=O) groups excluding carboxylic acids is 2. The molecule has 1 unspecified atom stereocenters. The second-order valence-corrected chi connectivity index (χ2v) is 12.4. The number of nitrogens with one attached hydrogen (secondary N) is 3. The van der Waals surface area contributed by atoms with E-state index in [4.69, 9.17) is 4.74 Å². The first-order valence-electron chi connectivity index (χ1n) is 13.4. The van der Waals surface area contributed by atoms with Crippen LogP contribution < -0.4 is 20.3 Å². The van der Waals surface area contributed by atoms with Crippen molar-refractivity contribution in [1.82, 2.24) is 10.0 Å². The van der Waals surface area contributed by atoms with Gasteiger partial charge in [-0.05, 0) is 74.4 Å². The van der Waals surface area contributed by atoms with E-state index in [9.17, 15) is 22.4 Å². The third-order valence-electron chi connectivity index (χ3n) is 7.13. The first kappa shape index (κ1) is 28.8. The van der Waals surface area contributed by atoms with Crippen LogP contribution >= 0.6 is 0 Å². The molecule has 1 aliphatic carbocycles. The molecule has 4 rings (SSSR count). The van der Waals surface area contributed by atoms with Crippen molar-refractivity contribution >= 4 is 33.4 Å². The maximum Gasteiger partial charge on any atom is 0.414 e. The maximum atomic E-state index is 13.2. The topological polar surface area (TPSA) is 117 Å². The maximum absolute atomic E-state index is 13.2. The van der Waals surface area contributed by atoms with Gasteiger partial charge in [0, 0.05) is 25.0 Å². The Kier molecular flexibility index (Phi) is 9.12. The molecule has 0 radical (unpaired) electrons. The Morgan fingerprint density at radius 2 is 1.77 bits per heavy atom. The lowest BCUT2D eigenvalue weighted by atomic mass is 9.85. The van der Waals surface area contributed by atoms with Gasteiger partial charge in [-0.15, -0.1) is 0 Å². The molecule has 0 aromatic heterocycles. The van der Waals surface area contributed by atoms with E-state index in [1.165, 1.54) is 29.2 Å². The van der Waals surface area contributed by atoms with Gasteiger partial charge in [0.15, 0.2) is 0 Å². The lowest BCUT2D eigenvalue weighted by molar-refractivity contribution is -0.126. The zero-order valence-electron chi connectivity index (χ0n) is 22.6. The Morgan fingerprint density at radius 1 is 1.08 bits per heavy atom. The molecule has 2 aromatic rings. The van der Waals surface area contributed by atoms with Gasteiger partial charge in [-0.3, -0.25) is 9.69 Å². The molecule has 212 valence electrons. The van der Waals surface area contributed by atoms with Crippen LogP contribution in [0.5, 0.6) is 0 Å². The van der Waals surface area contributed by atoms with Crippen LogP contribution in [-0.4, -0.2) is 46.2 Å². The van der Waals surface area contributed by atoms with Crippen LogP contribution in [-0.2, 0) is 19.6 Å². The van der Waals surface area contributed by atoms with E-state index in [2.05, 4.69) is 15.4 Å². The molecule has 1 saturated carbocycles. The van der Waals surface area contributed by atoms with Crippen molar-refractivity contribution in [3.63, 3.8) is 0 Å². The molecule has 1 fully saturated rings. The largest absolute Gasteiger partial charge is 0.449 e. The van der Waals surface area contributed by atoms with Gasteiger partial charge in [0.05, 0.1) is 28.9 Å². The number of nitrogens with zero attached hydrogens (tertiary/aromatic N) is 1. The highest BCUT2D eigenvalue weighted by molar-refractivity contribution is 7.89. The fourth-order valence-electron chi connectivity index (χ4n) is 4.91. The summed E-state index contributed by atoms with van der Waals surface area (Å²) >= 11 is 0. The second-order valence-electron chi connectivity index (χ2n) is 10.7. The standard InChI is InChI=1S/C28H37FN4O5S/c1-18(2)17-38-28(35)33-15-14-30-25-13-12-24(16-26(25)33)39(36,37)32-23-10-6-21(7-11-23)27(34)31-19(3)20-4-8-22(29)9-5-20/h4-5,8-9,12-13,16,18-19,21,23,30,32H,6-7,10-11,14-15,17H2,1-3H3,(H,31,34). The fraction of sp³-hybridized carbons (Fsp3) is 0.500. The Morgan fingerprint density at radius 3 is 2.44 bits per heavy atom. The number of fused-ring (bicyclic) bond motifs is 1. The molecule has 2 aliphatic rings. The molecule has 2 amide bonds. The molecule has 1 heterocycles. The third kappa shape index (κ3) is 7.27. The second kappa shape index (κ2) is 12.3. The van der Waals surface area contributed by atoms with Crippen LogP contribution in [0.2, 0.25) is 0 Å². The zero-order chi connectivity index (χ0) is 28.2. The molecule has 0 spiro atoms. The predicted molar refractivity (Wildman–Crippen MR) is 147 cm³/mol. The van der Waals surface area contributed by atoms with Gasteiger partial charge >= 0.3 is 6.09 Å². The summed E-state index contributed by atoms with van der Waals surface area (Å²) in [5.74, 6) is -0.438. The highest BCUT2D eigenvalue weighted by atomic mass is 32.2. The normalized spacial score (nSPS) is 20.1. The number of hydrogen-bond donors (Lipinski definition) is 3. The number of ether oxygens (including phenoxy) is 1. The van der Waals surface area contributed by atoms with Crippen molar-refractivity contribution in [3.05, 3.63) is 53.8 Å². The van der Waals surface area contributed by atoms with E-state index in [0.717, 1.165) is 5.56 Å². The van der Waals surface area contributed by atoms with Crippen LogP contribution in [0.3, 0.4) is 0 Å². The van der Waals surface area contributed by atoms with Gasteiger partial charge < -0.3 is 15.4 Å². The summed E-state index contributed by atoms with van der Waals surface area (Å²) in [6.07, 6.45) is 1.67. The summed E-state index contributed by atoms with van der Waals surface area (Å²) < 4.78 is 47.8. The van der Waals surface area contributed by atoms with E-state index in [-0.39, 0.29) is 47.1 Å². The highest BCUT2D eigenvalue weighted by Crippen LogP contribution is 2.33. The van der Waals surface area contributed by atoms with Crippen molar-refractivity contribution in [1.29, 1.82) is 0 Å². The van der Waals surface area contributed by atoms with Crippen molar-refractivity contribution in [2.75, 3.05) is 29.9 Å². The number of halogens is 1.